The number of nitrogens with zero attached hydrogens (tertiary/aromatic N) is 1. The molecule has 3 nitrogen and oxygen atoms in total. The van der Waals surface area contributed by atoms with Gasteiger partial charge in [-0.3, -0.25) is 0 Å². The van der Waals surface area contributed by atoms with Gasteiger partial charge >= 0.3 is 0 Å². The van der Waals surface area contributed by atoms with E-state index in [1.807, 2.05) is 13.0 Å². The molecule has 1 aromatic heterocycles. The Balaban J connectivity index is 2.32. The minimum absolute atomic E-state index is 0.0722. The molecule has 0 aliphatic carbocycles. The van der Waals surface area contributed by atoms with Crippen LogP contribution in [-0.4, -0.2) is 21.3 Å². The average Bonchev–Trinajstić information content (AvgIpc) is 2.57. The van der Waals surface area contributed by atoms with E-state index in [-0.39, 0.29) is 4.75 Å². The standard InChI is InChI=1S/C12H17N3S/c1-8-14-10-5-4-9(6-11(10)15-8)16-12(2,3)7-13/h4-6H,7,13H2,1-3H3,(H,14,15). The normalized spacial score (nSPS) is 12.2. The molecule has 0 aliphatic rings. The van der Waals surface area contributed by atoms with Gasteiger partial charge in [-0.05, 0) is 39.0 Å². The van der Waals surface area contributed by atoms with Crippen LogP contribution in [0.3, 0.4) is 0 Å². The lowest BCUT2D eigenvalue weighted by atomic mass is 10.2. The first-order valence-corrected chi connectivity index (χ1v) is 6.17. The molecule has 2 rings (SSSR count). The van der Waals surface area contributed by atoms with Crippen LogP contribution in [0.2, 0.25) is 0 Å². The Bertz CT molecular complexity index is 502. The highest BCUT2D eigenvalue weighted by Crippen LogP contribution is 2.32. The molecule has 3 N–H and O–H groups in total. The van der Waals surface area contributed by atoms with Gasteiger partial charge in [-0.25, -0.2) is 4.98 Å². The third-order valence-corrected chi connectivity index (χ3v) is 3.67. The first-order chi connectivity index (χ1) is 7.50. The lowest BCUT2D eigenvalue weighted by Crippen LogP contribution is -2.26. The summed E-state index contributed by atoms with van der Waals surface area (Å²) in [7, 11) is 0. The highest BCUT2D eigenvalue weighted by Gasteiger charge is 2.17. The van der Waals surface area contributed by atoms with Crippen molar-refractivity contribution in [3.05, 3.63) is 24.0 Å². The molecule has 86 valence electrons. The predicted molar refractivity (Wildman–Crippen MR) is 69.8 cm³/mol. The molecular weight excluding hydrogens is 218 g/mol. The second-order valence-electron chi connectivity index (χ2n) is 4.57. The van der Waals surface area contributed by atoms with Crippen molar-refractivity contribution in [1.82, 2.24) is 9.97 Å². The third kappa shape index (κ3) is 2.39. The molecule has 0 fully saturated rings. The number of benzene rings is 1. The number of rotatable bonds is 3. The van der Waals surface area contributed by atoms with Crippen LogP contribution in [-0.2, 0) is 0 Å². The topological polar surface area (TPSA) is 54.7 Å². The van der Waals surface area contributed by atoms with Crippen molar-refractivity contribution in [3.8, 4) is 0 Å². The van der Waals surface area contributed by atoms with Crippen molar-refractivity contribution in [2.45, 2.75) is 30.4 Å². The second kappa shape index (κ2) is 4.11. The number of hydrogen-bond acceptors (Lipinski definition) is 3. The van der Waals surface area contributed by atoms with Gasteiger partial charge in [-0.2, -0.15) is 0 Å². The molecule has 1 heterocycles. The van der Waals surface area contributed by atoms with Gasteiger partial charge in [-0.1, -0.05) is 0 Å². The molecule has 0 radical (unpaired) electrons. The smallest absolute Gasteiger partial charge is 0.104 e. The lowest BCUT2D eigenvalue weighted by Gasteiger charge is -2.21. The monoisotopic (exact) mass is 235 g/mol. The predicted octanol–water partition coefficient (Wildman–Crippen LogP) is 2.70. The number of imidazole rings is 1. The van der Waals surface area contributed by atoms with Gasteiger partial charge in [0.15, 0.2) is 0 Å². The molecule has 0 amide bonds. The fraction of sp³-hybridized carbons (Fsp3) is 0.417. The van der Waals surface area contributed by atoms with Gasteiger partial charge in [0.2, 0.25) is 0 Å². The van der Waals surface area contributed by atoms with Gasteiger partial charge in [-0.15, -0.1) is 11.8 Å². The summed E-state index contributed by atoms with van der Waals surface area (Å²) >= 11 is 1.80. The molecule has 16 heavy (non-hydrogen) atoms. The number of fused-ring (bicyclic) bond motifs is 1. The number of nitrogens with one attached hydrogen (secondary N) is 1. The molecule has 0 unspecified atom stereocenters. The van der Waals surface area contributed by atoms with Crippen LogP contribution in [0.15, 0.2) is 23.1 Å². The number of aromatic nitrogens is 2. The molecule has 0 saturated heterocycles. The quantitative estimate of drug-likeness (QED) is 0.804. The highest BCUT2D eigenvalue weighted by atomic mass is 32.2. The minimum Gasteiger partial charge on any atom is -0.342 e. The first kappa shape index (κ1) is 11.5. The van der Waals surface area contributed by atoms with Crippen molar-refractivity contribution in [3.63, 3.8) is 0 Å². The second-order valence-corrected chi connectivity index (χ2v) is 6.35. The summed E-state index contributed by atoms with van der Waals surface area (Å²) in [5, 5.41) is 0. The van der Waals surface area contributed by atoms with Gasteiger partial charge in [0, 0.05) is 16.2 Å². The maximum atomic E-state index is 5.73. The molecule has 4 heteroatoms. The number of nitrogens with two attached hydrogens (primary N) is 1. The summed E-state index contributed by atoms with van der Waals surface area (Å²) in [6, 6.07) is 6.29. The van der Waals surface area contributed by atoms with E-state index < -0.39 is 0 Å². The summed E-state index contributed by atoms with van der Waals surface area (Å²) in [5.74, 6) is 0.954. The Hall–Kier alpha value is -1.00. The molecule has 0 aliphatic heterocycles. The number of H-pyrrole nitrogens is 1. The Morgan fingerprint density at radius 3 is 2.88 bits per heavy atom. The Labute approximate surface area is 99.8 Å². The van der Waals surface area contributed by atoms with E-state index in [2.05, 4.69) is 35.9 Å². The van der Waals surface area contributed by atoms with E-state index in [9.17, 15) is 0 Å². The summed E-state index contributed by atoms with van der Waals surface area (Å²) < 4.78 is 0.0722. The SMILES string of the molecule is Cc1nc2ccc(SC(C)(C)CN)cc2[nH]1. The van der Waals surface area contributed by atoms with E-state index in [1.54, 1.807) is 11.8 Å². The molecule has 0 bridgehead atoms. The zero-order chi connectivity index (χ0) is 11.8. The van der Waals surface area contributed by atoms with Crippen LogP contribution in [0, 0.1) is 6.92 Å². The zero-order valence-corrected chi connectivity index (χ0v) is 10.7. The van der Waals surface area contributed by atoms with E-state index >= 15 is 0 Å². The van der Waals surface area contributed by atoms with Crippen LogP contribution in [0.1, 0.15) is 19.7 Å². The molecule has 2 aromatic rings. The summed E-state index contributed by atoms with van der Waals surface area (Å²) in [6.07, 6.45) is 0. The van der Waals surface area contributed by atoms with Crippen LogP contribution in [0.4, 0.5) is 0 Å². The van der Waals surface area contributed by atoms with Crippen LogP contribution in [0.25, 0.3) is 11.0 Å². The van der Waals surface area contributed by atoms with Crippen LogP contribution >= 0.6 is 11.8 Å². The maximum absolute atomic E-state index is 5.73. The number of aromatic amines is 1. The highest BCUT2D eigenvalue weighted by molar-refractivity contribution is 8.00. The van der Waals surface area contributed by atoms with Crippen LogP contribution in [0.5, 0.6) is 0 Å². The van der Waals surface area contributed by atoms with Crippen molar-refractivity contribution < 1.29 is 0 Å². The lowest BCUT2D eigenvalue weighted by molar-refractivity contribution is 0.723. The minimum atomic E-state index is 0.0722. The van der Waals surface area contributed by atoms with Gasteiger partial charge in [0.1, 0.15) is 5.82 Å². The van der Waals surface area contributed by atoms with Crippen LogP contribution < -0.4 is 5.73 Å². The molecule has 0 saturated carbocycles. The summed E-state index contributed by atoms with van der Waals surface area (Å²) in [6.45, 7) is 6.94. The Kier molecular flexibility index (Phi) is 2.95. The van der Waals surface area contributed by atoms with Gasteiger partial charge in [0.25, 0.3) is 0 Å². The van der Waals surface area contributed by atoms with Crippen molar-refractivity contribution in [2.75, 3.05) is 6.54 Å². The van der Waals surface area contributed by atoms with E-state index in [4.69, 9.17) is 5.73 Å². The fourth-order valence-corrected chi connectivity index (χ4v) is 2.57. The summed E-state index contributed by atoms with van der Waals surface area (Å²) in [5.41, 5.74) is 7.84. The molecule has 0 spiro atoms. The van der Waals surface area contributed by atoms with Gasteiger partial charge < -0.3 is 10.7 Å². The maximum Gasteiger partial charge on any atom is 0.104 e. The van der Waals surface area contributed by atoms with E-state index in [0.717, 1.165) is 16.9 Å². The Morgan fingerprint density at radius 2 is 2.19 bits per heavy atom. The number of thioether (sulfide) groups is 1. The third-order valence-electron chi connectivity index (χ3n) is 2.46. The number of aryl methyl sites for hydroxylation is 1. The largest absolute Gasteiger partial charge is 0.342 e. The molecule has 1 aromatic carbocycles. The summed E-state index contributed by atoms with van der Waals surface area (Å²) in [4.78, 5) is 8.86. The molecular formula is C12H17N3S. The van der Waals surface area contributed by atoms with Crippen molar-refractivity contribution >= 4 is 22.8 Å². The Morgan fingerprint density at radius 1 is 1.44 bits per heavy atom. The first-order valence-electron chi connectivity index (χ1n) is 5.36. The van der Waals surface area contributed by atoms with Gasteiger partial charge in [0.05, 0.1) is 11.0 Å². The van der Waals surface area contributed by atoms with Crippen molar-refractivity contribution in [2.24, 2.45) is 5.73 Å². The molecule has 0 atom stereocenters. The number of hydrogen-bond donors (Lipinski definition) is 2. The van der Waals surface area contributed by atoms with Crippen molar-refractivity contribution in [1.29, 1.82) is 0 Å². The van der Waals surface area contributed by atoms with E-state index in [1.165, 1.54) is 4.90 Å². The zero-order valence-electron chi connectivity index (χ0n) is 9.87. The fourth-order valence-electron chi connectivity index (χ4n) is 1.54. The average molecular weight is 235 g/mol. The van der Waals surface area contributed by atoms with E-state index in [0.29, 0.717) is 6.54 Å².